The molecule has 0 unspecified atom stereocenters. The Morgan fingerprint density at radius 2 is 2.27 bits per heavy atom. The largest absolute Gasteiger partial charge is 0.519 e. The quantitative estimate of drug-likeness (QED) is 0.742. The van der Waals surface area contributed by atoms with E-state index in [1.807, 2.05) is 6.92 Å². The lowest BCUT2D eigenvalue weighted by Gasteiger charge is -1.99. The number of hydrogen-bond donors (Lipinski definition) is 1. The maximum atomic E-state index is 9.36. The van der Waals surface area contributed by atoms with E-state index in [9.17, 15) is 5.11 Å². The number of benzene rings is 1. The van der Waals surface area contributed by atoms with Gasteiger partial charge < -0.3 is 5.11 Å². The number of rotatable bonds is 1. The van der Waals surface area contributed by atoms with Crippen molar-refractivity contribution in [3.05, 3.63) is 40.7 Å². The Bertz CT molecular complexity index is 540. The first-order chi connectivity index (χ1) is 7.20. The van der Waals surface area contributed by atoms with Crippen LogP contribution in [0.15, 0.2) is 24.4 Å². The summed E-state index contributed by atoms with van der Waals surface area (Å²) in [7, 11) is 0. The van der Waals surface area contributed by atoms with E-state index in [1.165, 1.54) is 6.07 Å². The smallest absolute Gasteiger partial charge is 0.228 e. The molecule has 3 nitrogen and oxygen atoms in total. The van der Waals surface area contributed by atoms with Crippen LogP contribution in [0.25, 0.3) is 15.4 Å². The molecule has 0 atom stereocenters. The number of phenolic OH excluding ortho intramolecular Hbond substituents is 1. The molecule has 4 heteroatoms. The van der Waals surface area contributed by atoms with Crippen molar-refractivity contribution in [2.75, 3.05) is 0 Å². The second kappa shape index (κ2) is 3.71. The third-order valence-electron chi connectivity index (χ3n) is 1.96. The van der Waals surface area contributed by atoms with E-state index >= 15 is 0 Å². The van der Waals surface area contributed by atoms with E-state index in [2.05, 4.69) is 9.83 Å². The molecule has 1 aromatic heterocycles. The Morgan fingerprint density at radius 3 is 2.87 bits per heavy atom. The molecule has 0 saturated heterocycles. The van der Waals surface area contributed by atoms with E-state index in [0.29, 0.717) is 0 Å². The summed E-state index contributed by atoms with van der Waals surface area (Å²) >= 11 is 1.57. The van der Waals surface area contributed by atoms with Gasteiger partial charge in [0.05, 0.1) is 6.57 Å². The van der Waals surface area contributed by atoms with Gasteiger partial charge in [0.1, 0.15) is 10.8 Å². The number of aromatic nitrogens is 1. The summed E-state index contributed by atoms with van der Waals surface area (Å²) in [5.41, 5.74) is 1.14. The fourth-order valence-electron chi connectivity index (χ4n) is 1.23. The number of nitrogens with zero attached hydrogens (tertiary/aromatic N) is 2. The summed E-state index contributed by atoms with van der Waals surface area (Å²) in [5.74, 6) is 0.0158. The predicted molar refractivity (Wildman–Crippen MR) is 60.2 cm³/mol. The van der Waals surface area contributed by atoms with Crippen LogP contribution in [0.4, 0.5) is 5.69 Å². The standard InChI is InChI=1S/C11H8N2OS/c1-7-6-13-11(15-7)8-3-4-10(14)9(5-8)12-2/h3-6,14H,1H3. The third-order valence-corrected chi connectivity index (χ3v) is 2.93. The molecule has 15 heavy (non-hydrogen) atoms. The third kappa shape index (κ3) is 1.83. The highest BCUT2D eigenvalue weighted by Crippen LogP contribution is 2.33. The van der Waals surface area contributed by atoms with E-state index < -0.39 is 0 Å². The molecule has 1 aromatic carbocycles. The van der Waals surface area contributed by atoms with Gasteiger partial charge in [-0.1, -0.05) is 6.07 Å². The van der Waals surface area contributed by atoms with Crippen LogP contribution in [-0.2, 0) is 0 Å². The van der Waals surface area contributed by atoms with Gasteiger partial charge in [0, 0.05) is 16.6 Å². The topological polar surface area (TPSA) is 37.5 Å². The average Bonchev–Trinajstić information content (AvgIpc) is 2.66. The molecule has 0 aliphatic heterocycles. The summed E-state index contributed by atoms with van der Waals surface area (Å²) in [5, 5.41) is 10.2. The Hall–Kier alpha value is -1.86. The normalized spacial score (nSPS) is 9.87. The van der Waals surface area contributed by atoms with Crippen molar-refractivity contribution < 1.29 is 5.11 Å². The molecule has 0 fully saturated rings. The van der Waals surface area contributed by atoms with E-state index in [4.69, 9.17) is 6.57 Å². The zero-order valence-corrected chi connectivity index (χ0v) is 8.88. The molecule has 0 radical (unpaired) electrons. The van der Waals surface area contributed by atoms with Crippen LogP contribution < -0.4 is 0 Å². The summed E-state index contributed by atoms with van der Waals surface area (Å²) in [4.78, 5) is 8.59. The molecule has 2 rings (SSSR count). The van der Waals surface area contributed by atoms with Crippen molar-refractivity contribution in [2.45, 2.75) is 6.92 Å². The molecule has 1 heterocycles. The van der Waals surface area contributed by atoms with Crippen molar-refractivity contribution >= 4 is 17.0 Å². The maximum absolute atomic E-state index is 9.36. The van der Waals surface area contributed by atoms with Crippen molar-refractivity contribution in [3.8, 4) is 16.3 Å². The Labute approximate surface area is 91.5 Å². The van der Waals surface area contributed by atoms with E-state index in [-0.39, 0.29) is 11.4 Å². The second-order valence-electron chi connectivity index (χ2n) is 3.09. The minimum atomic E-state index is 0.0158. The minimum absolute atomic E-state index is 0.0158. The molecule has 0 amide bonds. The summed E-state index contributed by atoms with van der Waals surface area (Å²) in [6.45, 7) is 8.88. The molecule has 0 aliphatic rings. The molecular formula is C11H8N2OS. The van der Waals surface area contributed by atoms with Gasteiger partial charge in [-0.05, 0) is 19.1 Å². The van der Waals surface area contributed by atoms with Crippen molar-refractivity contribution in [1.29, 1.82) is 0 Å². The van der Waals surface area contributed by atoms with Crippen molar-refractivity contribution in [2.24, 2.45) is 0 Å². The minimum Gasteiger partial charge on any atom is -0.519 e. The molecule has 0 bridgehead atoms. The second-order valence-corrected chi connectivity index (χ2v) is 4.33. The SMILES string of the molecule is [C-]#[N+]c1cc(-c2ncc(C)s2)ccc1O. The molecule has 0 saturated carbocycles. The number of aromatic hydroxyl groups is 1. The van der Waals surface area contributed by atoms with Crippen LogP contribution >= 0.6 is 11.3 Å². The highest BCUT2D eigenvalue weighted by Gasteiger charge is 2.06. The fourth-order valence-corrected chi connectivity index (χ4v) is 1.99. The van der Waals surface area contributed by atoms with E-state index in [0.717, 1.165) is 15.4 Å². The van der Waals surface area contributed by atoms with E-state index in [1.54, 1.807) is 29.7 Å². The first-order valence-electron chi connectivity index (χ1n) is 4.34. The van der Waals surface area contributed by atoms with Gasteiger partial charge in [-0.25, -0.2) is 9.83 Å². The first-order valence-corrected chi connectivity index (χ1v) is 5.15. The lowest BCUT2D eigenvalue weighted by Crippen LogP contribution is -1.74. The number of aryl methyl sites for hydroxylation is 1. The van der Waals surface area contributed by atoms with Crippen LogP contribution in [0.1, 0.15) is 4.88 Å². The predicted octanol–water partition coefficient (Wildman–Crippen LogP) is 3.37. The molecule has 74 valence electrons. The van der Waals surface area contributed by atoms with Gasteiger partial charge in [-0.2, -0.15) is 0 Å². The van der Waals surface area contributed by atoms with Gasteiger partial charge in [0.2, 0.25) is 5.69 Å². The first kappa shape index (κ1) is 9.69. The van der Waals surface area contributed by atoms with Gasteiger partial charge >= 0.3 is 0 Å². The van der Waals surface area contributed by atoms with Crippen LogP contribution in [0.3, 0.4) is 0 Å². The summed E-state index contributed by atoms with van der Waals surface area (Å²) in [6.07, 6.45) is 1.80. The number of hydrogen-bond acceptors (Lipinski definition) is 3. The van der Waals surface area contributed by atoms with Gasteiger partial charge in [0.25, 0.3) is 0 Å². The monoisotopic (exact) mass is 216 g/mol. The molecular weight excluding hydrogens is 208 g/mol. The Morgan fingerprint density at radius 1 is 1.47 bits per heavy atom. The van der Waals surface area contributed by atoms with Crippen LogP contribution in [-0.4, -0.2) is 10.1 Å². The molecule has 0 spiro atoms. The van der Waals surface area contributed by atoms with Crippen molar-refractivity contribution in [3.63, 3.8) is 0 Å². The molecule has 2 aromatic rings. The van der Waals surface area contributed by atoms with Crippen LogP contribution in [0.5, 0.6) is 5.75 Å². The maximum Gasteiger partial charge on any atom is 0.228 e. The molecule has 0 aliphatic carbocycles. The zero-order chi connectivity index (χ0) is 10.8. The lowest BCUT2D eigenvalue weighted by molar-refractivity contribution is 0.478. The van der Waals surface area contributed by atoms with Crippen LogP contribution in [0, 0.1) is 13.5 Å². The average molecular weight is 216 g/mol. The fraction of sp³-hybridized carbons (Fsp3) is 0.0909. The Balaban J connectivity index is 2.51. The van der Waals surface area contributed by atoms with Gasteiger partial charge in [-0.3, -0.25) is 0 Å². The van der Waals surface area contributed by atoms with Crippen LogP contribution in [0.2, 0.25) is 0 Å². The van der Waals surface area contributed by atoms with Crippen molar-refractivity contribution in [1.82, 2.24) is 4.98 Å². The summed E-state index contributed by atoms with van der Waals surface area (Å²) in [6, 6.07) is 4.95. The zero-order valence-electron chi connectivity index (χ0n) is 8.06. The highest BCUT2D eigenvalue weighted by atomic mass is 32.1. The highest BCUT2D eigenvalue weighted by molar-refractivity contribution is 7.14. The van der Waals surface area contributed by atoms with Gasteiger partial charge in [0.15, 0.2) is 0 Å². The Kier molecular flexibility index (Phi) is 2.40. The summed E-state index contributed by atoms with van der Waals surface area (Å²) < 4.78 is 0. The lowest BCUT2D eigenvalue weighted by atomic mass is 10.2. The number of thiazole rings is 1. The molecule has 1 N–H and O–H groups in total. The van der Waals surface area contributed by atoms with Gasteiger partial charge in [-0.15, -0.1) is 11.3 Å². The number of phenols is 1.